The minimum absolute atomic E-state index is 0.0204. The fourth-order valence-electron chi connectivity index (χ4n) is 4.91. The van der Waals surface area contributed by atoms with Crippen molar-refractivity contribution in [3.63, 3.8) is 0 Å². The van der Waals surface area contributed by atoms with Crippen molar-refractivity contribution < 1.29 is 9.90 Å². The molecule has 0 saturated carbocycles. The van der Waals surface area contributed by atoms with Gasteiger partial charge in [-0.05, 0) is 62.8 Å². The molecule has 1 atom stereocenters. The molecule has 0 spiro atoms. The van der Waals surface area contributed by atoms with E-state index in [2.05, 4.69) is 21.4 Å². The predicted molar refractivity (Wildman–Crippen MR) is 131 cm³/mol. The van der Waals surface area contributed by atoms with Crippen molar-refractivity contribution in [1.29, 1.82) is 0 Å². The van der Waals surface area contributed by atoms with Crippen LogP contribution < -0.4 is 0 Å². The van der Waals surface area contributed by atoms with E-state index in [9.17, 15) is 9.90 Å². The Morgan fingerprint density at radius 3 is 2.79 bits per heavy atom. The second-order valence-corrected chi connectivity index (χ2v) is 9.24. The first-order valence-corrected chi connectivity index (χ1v) is 12.2. The van der Waals surface area contributed by atoms with E-state index >= 15 is 0 Å². The fraction of sp³-hybridized carbons (Fsp3) is 0.481. The van der Waals surface area contributed by atoms with Gasteiger partial charge in [0, 0.05) is 39.0 Å². The highest BCUT2D eigenvalue weighted by Gasteiger charge is 2.28. The number of imidazole rings is 1. The number of aliphatic hydroxyl groups excluding tert-OH is 1. The summed E-state index contributed by atoms with van der Waals surface area (Å²) in [6, 6.07) is 14.8. The maximum atomic E-state index is 13.6. The highest BCUT2D eigenvalue weighted by Crippen LogP contribution is 2.26. The van der Waals surface area contributed by atoms with Crippen LogP contribution in [0, 0.1) is 6.92 Å². The highest BCUT2D eigenvalue weighted by atomic mass is 16.3. The van der Waals surface area contributed by atoms with Gasteiger partial charge in [0.25, 0.3) is 5.91 Å². The topological polar surface area (TPSA) is 61.1 Å². The van der Waals surface area contributed by atoms with Crippen LogP contribution >= 0.6 is 0 Å². The van der Waals surface area contributed by atoms with E-state index in [4.69, 9.17) is 4.98 Å². The molecule has 0 bridgehead atoms. The number of aliphatic hydroxyl groups is 1. The van der Waals surface area contributed by atoms with E-state index in [1.807, 2.05) is 50.5 Å². The number of likely N-dealkylation sites (tertiary alicyclic amines) is 1. The predicted octanol–water partition coefficient (Wildman–Crippen LogP) is 4.08. The molecule has 33 heavy (non-hydrogen) atoms. The number of fused-ring (bicyclic) bond motifs is 1. The largest absolute Gasteiger partial charge is 0.396 e. The van der Waals surface area contributed by atoms with Gasteiger partial charge in [-0.1, -0.05) is 42.8 Å². The molecule has 1 amide bonds. The molecule has 2 aromatic heterocycles. The van der Waals surface area contributed by atoms with Gasteiger partial charge in [-0.3, -0.25) is 9.69 Å². The first-order chi connectivity index (χ1) is 16.1. The summed E-state index contributed by atoms with van der Waals surface area (Å²) in [5.74, 6) is -0.0204. The standard InChI is InChI=1S/C27H36N4O2/c1-21-10-8-17-31-24(20-30-16-7-6-13-23(30)14-9-19-32)25(28-26(21)31)27(33)29(2)18-15-22-11-4-3-5-12-22/h3-5,8,10-12,17,23,32H,6-7,9,13-16,18-20H2,1-2H3/t23-/m0/s1. The number of likely N-dealkylation sites (N-methyl/N-ethyl adjacent to an activating group) is 1. The summed E-state index contributed by atoms with van der Waals surface area (Å²) in [6.45, 7) is 4.65. The first-order valence-electron chi connectivity index (χ1n) is 12.2. The first kappa shape index (κ1) is 23.5. The number of aryl methyl sites for hydroxylation is 1. The average Bonchev–Trinajstić information content (AvgIpc) is 3.21. The summed E-state index contributed by atoms with van der Waals surface area (Å²) in [5.41, 5.74) is 4.69. The molecule has 6 nitrogen and oxygen atoms in total. The third-order valence-electron chi connectivity index (χ3n) is 6.87. The summed E-state index contributed by atoms with van der Waals surface area (Å²) in [7, 11) is 1.87. The second kappa shape index (κ2) is 10.9. The molecule has 1 saturated heterocycles. The fourth-order valence-corrected chi connectivity index (χ4v) is 4.91. The quantitative estimate of drug-likeness (QED) is 0.536. The number of nitrogens with zero attached hydrogens (tertiary/aromatic N) is 4. The molecule has 0 aliphatic carbocycles. The van der Waals surface area contributed by atoms with Gasteiger partial charge in [-0.25, -0.2) is 4.98 Å². The van der Waals surface area contributed by atoms with Gasteiger partial charge in [-0.2, -0.15) is 0 Å². The number of hydrogen-bond donors (Lipinski definition) is 1. The summed E-state index contributed by atoms with van der Waals surface area (Å²) >= 11 is 0. The minimum atomic E-state index is -0.0204. The van der Waals surface area contributed by atoms with Crippen LogP contribution in [0.15, 0.2) is 48.7 Å². The maximum Gasteiger partial charge on any atom is 0.274 e. The molecular formula is C27H36N4O2. The Balaban J connectivity index is 1.60. The van der Waals surface area contributed by atoms with Crippen LogP contribution in [0.1, 0.15) is 59.4 Å². The summed E-state index contributed by atoms with van der Waals surface area (Å²) in [6.07, 6.45) is 8.21. The second-order valence-electron chi connectivity index (χ2n) is 9.24. The lowest BCUT2D eigenvalue weighted by Gasteiger charge is -2.35. The van der Waals surface area contributed by atoms with Crippen molar-refractivity contribution in [2.45, 2.75) is 58.0 Å². The Hall–Kier alpha value is -2.70. The van der Waals surface area contributed by atoms with Crippen molar-refractivity contribution in [3.05, 3.63) is 71.2 Å². The van der Waals surface area contributed by atoms with Crippen molar-refractivity contribution in [3.8, 4) is 0 Å². The van der Waals surface area contributed by atoms with Crippen molar-refractivity contribution in [1.82, 2.24) is 19.2 Å². The molecular weight excluding hydrogens is 412 g/mol. The van der Waals surface area contributed by atoms with Crippen LogP contribution in [0.5, 0.6) is 0 Å². The molecule has 1 fully saturated rings. The van der Waals surface area contributed by atoms with Crippen LogP contribution in [-0.2, 0) is 13.0 Å². The number of pyridine rings is 1. The maximum absolute atomic E-state index is 13.6. The Morgan fingerprint density at radius 2 is 2.00 bits per heavy atom. The normalized spacial score (nSPS) is 16.9. The van der Waals surface area contributed by atoms with E-state index in [1.54, 1.807) is 4.90 Å². The molecule has 4 rings (SSSR count). The lowest BCUT2D eigenvalue weighted by Crippen LogP contribution is -2.40. The van der Waals surface area contributed by atoms with Gasteiger partial charge in [0.2, 0.25) is 0 Å². The molecule has 176 valence electrons. The summed E-state index contributed by atoms with van der Waals surface area (Å²) in [4.78, 5) is 22.7. The Labute approximate surface area is 196 Å². The Kier molecular flexibility index (Phi) is 7.78. The number of amides is 1. The number of hydrogen-bond acceptors (Lipinski definition) is 4. The van der Waals surface area contributed by atoms with Crippen LogP contribution in [0.25, 0.3) is 5.65 Å². The third kappa shape index (κ3) is 5.45. The molecule has 0 unspecified atom stereocenters. The monoisotopic (exact) mass is 448 g/mol. The summed E-state index contributed by atoms with van der Waals surface area (Å²) in [5, 5.41) is 9.34. The molecule has 1 N–H and O–H groups in total. The van der Waals surface area contributed by atoms with E-state index in [0.717, 1.165) is 49.1 Å². The lowest BCUT2D eigenvalue weighted by molar-refractivity contribution is 0.0785. The van der Waals surface area contributed by atoms with Crippen LogP contribution in [0.4, 0.5) is 0 Å². The van der Waals surface area contributed by atoms with Gasteiger partial charge >= 0.3 is 0 Å². The number of benzene rings is 1. The van der Waals surface area contributed by atoms with Crippen molar-refractivity contribution in [2.24, 2.45) is 0 Å². The smallest absolute Gasteiger partial charge is 0.274 e. The van der Waals surface area contributed by atoms with E-state index in [1.165, 1.54) is 18.4 Å². The third-order valence-corrected chi connectivity index (χ3v) is 6.87. The minimum Gasteiger partial charge on any atom is -0.396 e. The molecule has 0 radical (unpaired) electrons. The van der Waals surface area contributed by atoms with Gasteiger partial charge in [0.15, 0.2) is 5.69 Å². The lowest BCUT2D eigenvalue weighted by atomic mass is 9.97. The number of aromatic nitrogens is 2. The van der Waals surface area contributed by atoms with E-state index < -0.39 is 0 Å². The molecule has 1 aliphatic rings. The van der Waals surface area contributed by atoms with Gasteiger partial charge in [0.05, 0.1) is 5.69 Å². The Bertz CT molecular complexity index is 1060. The van der Waals surface area contributed by atoms with Crippen molar-refractivity contribution in [2.75, 3.05) is 26.7 Å². The van der Waals surface area contributed by atoms with Crippen LogP contribution in [0.3, 0.4) is 0 Å². The number of piperidine rings is 1. The molecule has 6 heteroatoms. The van der Waals surface area contributed by atoms with Crippen molar-refractivity contribution >= 4 is 11.6 Å². The van der Waals surface area contributed by atoms with Gasteiger partial charge in [0.1, 0.15) is 5.65 Å². The molecule has 1 aliphatic heterocycles. The molecule has 3 heterocycles. The number of rotatable bonds is 9. The average molecular weight is 449 g/mol. The zero-order chi connectivity index (χ0) is 23.2. The van der Waals surface area contributed by atoms with E-state index in [-0.39, 0.29) is 12.5 Å². The van der Waals surface area contributed by atoms with Crippen LogP contribution in [0.2, 0.25) is 0 Å². The van der Waals surface area contributed by atoms with Crippen LogP contribution in [-0.4, -0.2) is 63.0 Å². The Morgan fingerprint density at radius 1 is 1.18 bits per heavy atom. The zero-order valence-electron chi connectivity index (χ0n) is 19.9. The highest BCUT2D eigenvalue weighted by molar-refractivity contribution is 5.94. The molecule has 3 aromatic rings. The SMILES string of the molecule is Cc1cccn2c(CN3CCCC[C@H]3CCCO)c(C(=O)N(C)CCc3ccccc3)nc12. The number of carbonyl (C=O) groups is 1. The van der Waals surface area contributed by atoms with Gasteiger partial charge < -0.3 is 14.4 Å². The zero-order valence-corrected chi connectivity index (χ0v) is 19.9. The molecule has 1 aromatic carbocycles. The summed E-state index contributed by atoms with van der Waals surface area (Å²) < 4.78 is 2.10. The van der Waals surface area contributed by atoms with E-state index in [0.29, 0.717) is 24.8 Å². The number of carbonyl (C=O) groups excluding carboxylic acids is 1. The van der Waals surface area contributed by atoms with Gasteiger partial charge in [-0.15, -0.1) is 0 Å².